The normalized spacial score (nSPS) is 10.1. The minimum Gasteiger partial charge on any atom is -0.236 e. The monoisotopic (exact) mass is 368 g/mol. The molecule has 0 aliphatic heterocycles. The second-order valence-corrected chi connectivity index (χ2v) is 4.99. The van der Waals surface area contributed by atoms with Gasteiger partial charge in [-0.05, 0) is 29.7 Å². The molecule has 107 valence electrons. The van der Waals surface area contributed by atoms with Crippen LogP contribution in [0.4, 0.5) is 8.78 Å². The first kappa shape index (κ1) is 17.0. The summed E-state index contributed by atoms with van der Waals surface area (Å²) in [6.07, 6.45) is 0. The standard InChI is InChI=1S/C19H13F2.Y/c1-13-5-7-14(8-6-13)15-9-10-18(19(21)12-15)16-3-2-4-17(20)11-16;/h2-3,5-12H,1H3;/q-1;. The molecular weight excluding hydrogens is 355 g/mol. The van der Waals surface area contributed by atoms with E-state index >= 15 is 0 Å². The van der Waals surface area contributed by atoms with E-state index in [1.54, 1.807) is 12.1 Å². The van der Waals surface area contributed by atoms with Crippen molar-refractivity contribution in [3.63, 3.8) is 0 Å². The zero-order valence-corrected chi connectivity index (χ0v) is 14.9. The van der Waals surface area contributed by atoms with E-state index in [0.717, 1.165) is 16.7 Å². The van der Waals surface area contributed by atoms with Crippen molar-refractivity contribution in [1.29, 1.82) is 0 Å². The Bertz CT molecular complexity index is 780. The van der Waals surface area contributed by atoms with Crippen molar-refractivity contribution in [3.8, 4) is 22.3 Å². The predicted molar refractivity (Wildman–Crippen MR) is 80.8 cm³/mol. The summed E-state index contributed by atoms with van der Waals surface area (Å²) in [6, 6.07) is 19.7. The van der Waals surface area contributed by atoms with Crippen LogP contribution < -0.4 is 0 Å². The van der Waals surface area contributed by atoms with E-state index in [0.29, 0.717) is 11.1 Å². The fourth-order valence-electron chi connectivity index (χ4n) is 2.28. The van der Waals surface area contributed by atoms with E-state index in [1.807, 2.05) is 37.3 Å². The molecule has 3 rings (SSSR count). The average molecular weight is 368 g/mol. The molecule has 3 heteroatoms. The Balaban J connectivity index is 0.00000176. The maximum absolute atomic E-state index is 14.3. The molecule has 0 aliphatic rings. The van der Waals surface area contributed by atoms with Gasteiger partial charge in [0, 0.05) is 38.5 Å². The van der Waals surface area contributed by atoms with Gasteiger partial charge in [-0.25, -0.2) is 8.78 Å². The van der Waals surface area contributed by atoms with Crippen molar-refractivity contribution in [2.75, 3.05) is 0 Å². The fourth-order valence-corrected chi connectivity index (χ4v) is 2.28. The quantitative estimate of drug-likeness (QED) is 0.531. The maximum Gasteiger partial charge on any atom is 0.129 e. The van der Waals surface area contributed by atoms with Gasteiger partial charge in [0.25, 0.3) is 0 Å². The molecule has 0 aromatic heterocycles. The molecule has 0 unspecified atom stereocenters. The van der Waals surface area contributed by atoms with Crippen molar-refractivity contribution in [2.24, 2.45) is 0 Å². The summed E-state index contributed by atoms with van der Waals surface area (Å²) in [5, 5.41) is 0. The summed E-state index contributed by atoms with van der Waals surface area (Å²) >= 11 is 0. The molecule has 0 fully saturated rings. The van der Waals surface area contributed by atoms with Gasteiger partial charge < -0.3 is 0 Å². The third-order valence-electron chi connectivity index (χ3n) is 3.43. The summed E-state index contributed by atoms with van der Waals surface area (Å²) in [4.78, 5) is 0. The largest absolute Gasteiger partial charge is 0.236 e. The molecular formula is C19H13F2Y-. The van der Waals surface area contributed by atoms with Gasteiger partial charge in [-0.3, -0.25) is 0 Å². The smallest absolute Gasteiger partial charge is 0.129 e. The van der Waals surface area contributed by atoms with E-state index in [1.165, 1.54) is 18.2 Å². The van der Waals surface area contributed by atoms with E-state index in [2.05, 4.69) is 6.07 Å². The van der Waals surface area contributed by atoms with Crippen LogP contribution in [0.1, 0.15) is 5.56 Å². The first-order valence-electron chi connectivity index (χ1n) is 6.68. The molecule has 0 saturated heterocycles. The second kappa shape index (κ2) is 7.26. The number of benzene rings is 3. The van der Waals surface area contributed by atoms with Crippen LogP contribution >= 0.6 is 0 Å². The topological polar surface area (TPSA) is 0 Å². The molecule has 0 atom stereocenters. The van der Waals surface area contributed by atoms with E-state index in [9.17, 15) is 8.78 Å². The van der Waals surface area contributed by atoms with Gasteiger partial charge in [0.15, 0.2) is 0 Å². The summed E-state index contributed by atoms with van der Waals surface area (Å²) < 4.78 is 27.5. The number of hydrogen-bond acceptors (Lipinski definition) is 0. The number of rotatable bonds is 2. The zero-order valence-electron chi connectivity index (χ0n) is 12.1. The SMILES string of the molecule is Cc1ccc(-c2ccc(-c3cc[c-]c(F)c3)c(F)c2)cc1.[Y]. The van der Waals surface area contributed by atoms with Gasteiger partial charge in [-0.15, -0.1) is 17.7 Å². The Labute approximate surface area is 154 Å². The number of aryl methyl sites for hydroxylation is 1. The van der Waals surface area contributed by atoms with Crippen LogP contribution in [-0.2, 0) is 32.7 Å². The molecule has 0 aliphatic carbocycles. The maximum atomic E-state index is 14.3. The van der Waals surface area contributed by atoms with Crippen molar-refractivity contribution in [1.82, 2.24) is 0 Å². The first-order valence-corrected chi connectivity index (χ1v) is 6.68. The van der Waals surface area contributed by atoms with Gasteiger partial charge in [-0.2, -0.15) is 12.1 Å². The minimum absolute atomic E-state index is 0. The third-order valence-corrected chi connectivity index (χ3v) is 3.43. The molecule has 3 aromatic rings. The predicted octanol–water partition coefficient (Wildman–Crippen LogP) is 5.40. The Hall–Kier alpha value is -1.38. The van der Waals surface area contributed by atoms with Gasteiger partial charge in [0.1, 0.15) is 5.82 Å². The first-order chi connectivity index (χ1) is 10.1. The van der Waals surface area contributed by atoms with Crippen LogP contribution in [0.15, 0.2) is 60.7 Å². The van der Waals surface area contributed by atoms with Gasteiger partial charge in [0.05, 0.1) is 0 Å². The van der Waals surface area contributed by atoms with E-state index in [4.69, 9.17) is 0 Å². The molecule has 0 saturated carbocycles. The van der Waals surface area contributed by atoms with Crippen LogP contribution in [0.5, 0.6) is 0 Å². The van der Waals surface area contributed by atoms with Crippen LogP contribution in [0.25, 0.3) is 22.3 Å². The molecule has 0 heterocycles. The van der Waals surface area contributed by atoms with Crippen LogP contribution in [0.2, 0.25) is 0 Å². The molecule has 0 bridgehead atoms. The molecule has 0 spiro atoms. The zero-order chi connectivity index (χ0) is 14.8. The molecule has 0 N–H and O–H groups in total. The summed E-state index contributed by atoms with van der Waals surface area (Å²) in [5.41, 5.74) is 3.82. The van der Waals surface area contributed by atoms with Gasteiger partial charge >= 0.3 is 0 Å². The van der Waals surface area contributed by atoms with E-state index in [-0.39, 0.29) is 38.5 Å². The molecule has 0 amide bonds. The Morgan fingerprint density at radius 1 is 0.773 bits per heavy atom. The van der Waals surface area contributed by atoms with Crippen molar-refractivity contribution in [3.05, 3.63) is 83.9 Å². The Kier molecular flexibility index (Phi) is 5.60. The molecule has 3 aromatic carbocycles. The summed E-state index contributed by atoms with van der Waals surface area (Å²) in [7, 11) is 0. The number of halogens is 2. The average Bonchev–Trinajstić information content (AvgIpc) is 2.48. The van der Waals surface area contributed by atoms with Crippen LogP contribution in [-0.4, -0.2) is 0 Å². The van der Waals surface area contributed by atoms with Crippen LogP contribution in [0, 0.1) is 24.6 Å². The number of hydrogen-bond donors (Lipinski definition) is 0. The van der Waals surface area contributed by atoms with Crippen molar-refractivity contribution >= 4 is 0 Å². The third kappa shape index (κ3) is 3.68. The van der Waals surface area contributed by atoms with Gasteiger partial charge in [0.2, 0.25) is 0 Å². The van der Waals surface area contributed by atoms with Crippen molar-refractivity contribution < 1.29 is 41.5 Å². The summed E-state index contributed by atoms with van der Waals surface area (Å²) in [6.45, 7) is 2.01. The van der Waals surface area contributed by atoms with Gasteiger partial charge in [-0.1, -0.05) is 42.0 Å². The second-order valence-electron chi connectivity index (χ2n) is 4.99. The molecule has 0 nitrogen and oxygen atoms in total. The Morgan fingerprint density at radius 3 is 2.09 bits per heavy atom. The minimum atomic E-state index is -0.491. The van der Waals surface area contributed by atoms with Crippen molar-refractivity contribution in [2.45, 2.75) is 6.92 Å². The van der Waals surface area contributed by atoms with E-state index < -0.39 is 5.82 Å². The van der Waals surface area contributed by atoms with Crippen LogP contribution in [0.3, 0.4) is 0 Å². The molecule has 22 heavy (non-hydrogen) atoms. The fraction of sp³-hybridized carbons (Fsp3) is 0.0526. The summed E-state index contributed by atoms with van der Waals surface area (Å²) in [5.74, 6) is -0.854. The Morgan fingerprint density at radius 2 is 1.45 bits per heavy atom. The molecule has 1 radical (unpaired) electrons.